The van der Waals surface area contributed by atoms with Crippen molar-refractivity contribution in [2.75, 3.05) is 0 Å². The number of rotatable bonds is 6. The van der Waals surface area contributed by atoms with Gasteiger partial charge in [0.1, 0.15) is 12.4 Å². The summed E-state index contributed by atoms with van der Waals surface area (Å²) in [5, 5.41) is 8.78. The molecule has 168 valence electrons. The Morgan fingerprint density at radius 1 is 1.00 bits per heavy atom. The Balaban J connectivity index is 1.60. The third kappa shape index (κ3) is 3.61. The maximum atomic E-state index is 12.7. The highest BCUT2D eigenvalue weighted by Crippen LogP contribution is 2.25. The molecule has 2 aromatic carbocycles. The third-order valence-corrected chi connectivity index (χ3v) is 5.55. The molecule has 0 aliphatic rings. The molecular weight excluding hydrogens is 420 g/mol. The van der Waals surface area contributed by atoms with Gasteiger partial charge in [-0.05, 0) is 23.6 Å². The molecule has 3 aromatic heterocycles. The maximum absolute atomic E-state index is 12.7. The van der Waals surface area contributed by atoms with Crippen molar-refractivity contribution in [3.05, 3.63) is 81.0 Å². The van der Waals surface area contributed by atoms with E-state index in [9.17, 15) is 9.59 Å². The zero-order valence-electron chi connectivity index (χ0n) is 18.6. The highest BCUT2D eigenvalue weighted by molar-refractivity contribution is 5.79. The van der Waals surface area contributed by atoms with Gasteiger partial charge in [0.2, 0.25) is 5.78 Å². The summed E-state index contributed by atoms with van der Waals surface area (Å²) in [7, 11) is 1.63. The number of imidazole rings is 1. The van der Waals surface area contributed by atoms with Crippen molar-refractivity contribution >= 4 is 16.9 Å². The lowest BCUT2D eigenvalue weighted by Crippen LogP contribution is -2.29. The molecule has 33 heavy (non-hydrogen) atoms. The summed E-state index contributed by atoms with van der Waals surface area (Å²) in [4.78, 5) is 27.5. The number of H-pyrrole nitrogens is 1. The van der Waals surface area contributed by atoms with Gasteiger partial charge < -0.3 is 9.30 Å². The molecular formula is C24H24N6O3. The number of aromatic amines is 1. The van der Waals surface area contributed by atoms with Crippen molar-refractivity contribution in [3.8, 4) is 17.1 Å². The van der Waals surface area contributed by atoms with E-state index in [0.29, 0.717) is 35.9 Å². The highest BCUT2D eigenvalue weighted by Gasteiger charge is 2.23. The van der Waals surface area contributed by atoms with Crippen LogP contribution in [0.2, 0.25) is 0 Å². The Hall–Kier alpha value is -4.14. The first-order valence-corrected chi connectivity index (χ1v) is 10.8. The fraction of sp³-hybridized carbons (Fsp3) is 0.250. The fourth-order valence-corrected chi connectivity index (χ4v) is 4.00. The van der Waals surface area contributed by atoms with Crippen LogP contribution in [0.15, 0.2) is 64.2 Å². The molecule has 1 N–H and O–H groups in total. The summed E-state index contributed by atoms with van der Waals surface area (Å²) < 4.78 is 10.9. The highest BCUT2D eigenvalue weighted by atomic mass is 16.5. The molecule has 0 spiro atoms. The van der Waals surface area contributed by atoms with Crippen LogP contribution in [0.1, 0.15) is 19.4 Å². The van der Waals surface area contributed by atoms with Crippen molar-refractivity contribution in [1.82, 2.24) is 28.7 Å². The molecule has 0 aliphatic heterocycles. The van der Waals surface area contributed by atoms with Crippen LogP contribution < -0.4 is 16.0 Å². The van der Waals surface area contributed by atoms with E-state index in [1.165, 1.54) is 4.57 Å². The van der Waals surface area contributed by atoms with Crippen LogP contribution in [0.3, 0.4) is 0 Å². The lowest BCUT2D eigenvalue weighted by atomic mass is 10.1. The standard InChI is InChI=1S/C24H24N6O3/c1-15(2)13-29-19-21(31)25-24(32)28(3)22(19)30-20(26-27-23(29)30)17-11-9-16(10-12-17)14-33-18-7-5-4-6-8-18/h4-12,15H,13-14H2,1-3H3,(H,25,31,32). The van der Waals surface area contributed by atoms with E-state index in [2.05, 4.69) is 29.0 Å². The zero-order chi connectivity index (χ0) is 23.1. The second kappa shape index (κ2) is 8.09. The van der Waals surface area contributed by atoms with Crippen LogP contribution in [-0.2, 0) is 20.2 Å². The summed E-state index contributed by atoms with van der Waals surface area (Å²) in [5.41, 5.74) is 1.79. The molecule has 0 unspecified atom stereocenters. The van der Waals surface area contributed by atoms with Crippen LogP contribution in [0.4, 0.5) is 0 Å². The lowest BCUT2D eigenvalue weighted by Gasteiger charge is -2.07. The molecule has 9 nitrogen and oxygen atoms in total. The maximum Gasteiger partial charge on any atom is 0.329 e. The van der Waals surface area contributed by atoms with E-state index in [1.54, 1.807) is 11.4 Å². The molecule has 0 atom stereocenters. The van der Waals surface area contributed by atoms with Crippen LogP contribution >= 0.6 is 0 Å². The third-order valence-electron chi connectivity index (χ3n) is 5.55. The molecule has 5 aromatic rings. The molecule has 0 bridgehead atoms. The van der Waals surface area contributed by atoms with E-state index in [-0.39, 0.29) is 5.92 Å². The second-order valence-electron chi connectivity index (χ2n) is 8.45. The van der Waals surface area contributed by atoms with Crippen molar-refractivity contribution in [2.45, 2.75) is 27.0 Å². The van der Waals surface area contributed by atoms with Crippen LogP contribution in [-0.4, -0.2) is 28.7 Å². The van der Waals surface area contributed by atoms with Crippen molar-refractivity contribution < 1.29 is 4.74 Å². The van der Waals surface area contributed by atoms with E-state index in [0.717, 1.165) is 16.9 Å². The van der Waals surface area contributed by atoms with Gasteiger partial charge in [0.25, 0.3) is 5.56 Å². The molecule has 3 heterocycles. The predicted octanol–water partition coefficient (Wildman–Crippen LogP) is 2.97. The van der Waals surface area contributed by atoms with E-state index in [4.69, 9.17) is 4.74 Å². The smallest absolute Gasteiger partial charge is 0.329 e. The van der Waals surface area contributed by atoms with Gasteiger partial charge in [-0.15, -0.1) is 10.2 Å². The molecule has 9 heteroatoms. The Bertz CT molecular complexity index is 1560. The minimum absolute atomic E-state index is 0.269. The SMILES string of the molecule is CC(C)Cn1c2c(=O)[nH]c(=O)n(C)c2n2c(-c3ccc(COc4ccccc4)cc3)nnc12. The van der Waals surface area contributed by atoms with Gasteiger partial charge in [0.15, 0.2) is 17.0 Å². The Morgan fingerprint density at radius 3 is 2.42 bits per heavy atom. The Morgan fingerprint density at radius 2 is 1.73 bits per heavy atom. The first kappa shape index (κ1) is 20.7. The fourth-order valence-electron chi connectivity index (χ4n) is 4.00. The second-order valence-corrected chi connectivity index (χ2v) is 8.45. The minimum atomic E-state index is -0.482. The van der Waals surface area contributed by atoms with E-state index in [1.807, 2.05) is 59.2 Å². The number of hydrogen-bond donors (Lipinski definition) is 1. The first-order chi connectivity index (χ1) is 15.9. The first-order valence-electron chi connectivity index (χ1n) is 10.8. The van der Waals surface area contributed by atoms with Gasteiger partial charge in [-0.25, -0.2) is 9.20 Å². The van der Waals surface area contributed by atoms with Crippen LogP contribution in [0, 0.1) is 5.92 Å². The van der Waals surface area contributed by atoms with Crippen molar-refractivity contribution in [3.63, 3.8) is 0 Å². The van der Waals surface area contributed by atoms with Gasteiger partial charge in [-0.1, -0.05) is 56.3 Å². The largest absolute Gasteiger partial charge is 0.489 e. The average molecular weight is 444 g/mol. The number of nitrogens with zero attached hydrogens (tertiary/aromatic N) is 5. The molecule has 0 aliphatic carbocycles. The predicted molar refractivity (Wildman–Crippen MR) is 125 cm³/mol. The summed E-state index contributed by atoms with van der Waals surface area (Å²) in [6.45, 7) is 5.14. The average Bonchev–Trinajstić information content (AvgIpc) is 3.36. The van der Waals surface area contributed by atoms with Gasteiger partial charge in [-0.2, -0.15) is 0 Å². The molecule has 0 saturated carbocycles. The van der Waals surface area contributed by atoms with Gasteiger partial charge in [-0.3, -0.25) is 14.3 Å². The number of para-hydroxylation sites is 1. The number of aromatic nitrogens is 6. The van der Waals surface area contributed by atoms with E-state index >= 15 is 0 Å². The number of ether oxygens (including phenoxy) is 1. The van der Waals surface area contributed by atoms with Crippen LogP contribution in [0.5, 0.6) is 5.75 Å². The lowest BCUT2D eigenvalue weighted by molar-refractivity contribution is 0.306. The Kier molecular flexibility index (Phi) is 5.08. The number of fused-ring (bicyclic) bond motifs is 3. The minimum Gasteiger partial charge on any atom is -0.489 e. The number of aryl methyl sites for hydroxylation is 1. The summed E-state index contributed by atoms with van der Waals surface area (Å²) in [6.07, 6.45) is 0. The van der Waals surface area contributed by atoms with E-state index < -0.39 is 11.2 Å². The van der Waals surface area contributed by atoms with Gasteiger partial charge in [0, 0.05) is 19.2 Å². The zero-order valence-corrected chi connectivity index (χ0v) is 18.6. The summed E-state index contributed by atoms with van der Waals surface area (Å²) >= 11 is 0. The molecule has 0 amide bonds. The molecule has 5 rings (SSSR count). The van der Waals surface area contributed by atoms with Crippen molar-refractivity contribution in [2.24, 2.45) is 13.0 Å². The van der Waals surface area contributed by atoms with Crippen LogP contribution in [0.25, 0.3) is 28.3 Å². The number of benzene rings is 2. The summed E-state index contributed by atoms with van der Waals surface area (Å²) in [6, 6.07) is 17.5. The normalized spacial score (nSPS) is 11.6. The van der Waals surface area contributed by atoms with Gasteiger partial charge >= 0.3 is 5.69 Å². The van der Waals surface area contributed by atoms with Gasteiger partial charge in [0.05, 0.1) is 0 Å². The molecule has 0 fully saturated rings. The molecule has 0 radical (unpaired) electrons. The van der Waals surface area contributed by atoms with Crippen molar-refractivity contribution in [1.29, 1.82) is 0 Å². The monoisotopic (exact) mass is 444 g/mol. The number of nitrogens with one attached hydrogen (secondary N) is 1. The molecule has 0 saturated heterocycles. The number of hydrogen-bond acceptors (Lipinski definition) is 5. The quantitative estimate of drug-likeness (QED) is 0.434. The summed E-state index contributed by atoms with van der Waals surface area (Å²) in [5.74, 6) is 2.17. The topological polar surface area (TPSA) is 99.2 Å². The Labute approximate surface area is 188 Å².